The summed E-state index contributed by atoms with van der Waals surface area (Å²) in [5, 5.41) is 0. The molecule has 1 atom stereocenters. The molecule has 16 heavy (non-hydrogen) atoms. The van der Waals surface area contributed by atoms with Crippen LogP contribution in [0, 0.1) is 0 Å². The van der Waals surface area contributed by atoms with Crippen LogP contribution in [-0.2, 0) is 11.2 Å². The van der Waals surface area contributed by atoms with Gasteiger partial charge in [0.2, 0.25) is 0 Å². The van der Waals surface area contributed by atoms with Gasteiger partial charge in [-0.3, -0.25) is 0 Å². The largest absolute Gasteiger partial charge is 0.399 e. The summed E-state index contributed by atoms with van der Waals surface area (Å²) in [6.07, 6.45) is 0.983. The molecule has 0 aliphatic rings. The van der Waals surface area contributed by atoms with Gasteiger partial charge in [0.25, 0.3) is 0 Å². The topological polar surface area (TPSA) is 38.5 Å². The molecule has 1 rings (SSSR count). The third-order valence-corrected chi connectivity index (χ3v) is 2.95. The van der Waals surface area contributed by atoms with Crippen LogP contribution in [0.1, 0.15) is 12.5 Å². The van der Waals surface area contributed by atoms with E-state index in [0.29, 0.717) is 6.04 Å². The first kappa shape index (κ1) is 13.0. The fourth-order valence-electron chi connectivity index (χ4n) is 1.65. The molecule has 0 spiro atoms. The fraction of sp³-hybridized carbons (Fsp3) is 0.538. The smallest absolute Gasteiger partial charge is 0.0615 e. The van der Waals surface area contributed by atoms with Gasteiger partial charge in [-0.15, -0.1) is 0 Å². The predicted molar refractivity (Wildman–Crippen MR) is 68.5 cm³/mol. The quantitative estimate of drug-likeness (QED) is 0.746. The summed E-state index contributed by atoms with van der Waals surface area (Å²) in [5.41, 5.74) is 8.00. The van der Waals surface area contributed by atoms with Crippen LogP contribution >= 0.6 is 0 Å². The van der Waals surface area contributed by atoms with Crippen LogP contribution in [0.15, 0.2) is 24.3 Å². The Morgan fingerprint density at radius 2 is 2.06 bits per heavy atom. The molecule has 3 nitrogen and oxygen atoms in total. The number of para-hydroxylation sites is 1. The van der Waals surface area contributed by atoms with Crippen LogP contribution in [0.5, 0.6) is 0 Å². The average molecular weight is 222 g/mol. The summed E-state index contributed by atoms with van der Waals surface area (Å²) in [6, 6.07) is 8.48. The molecule has 1 aromatic carbocycles. The first-order valence-electron chi connectivity index (χ1n) is 5.67. The zero-order valence-electron chi connectivity index (χ0n) is 10.4. The van der Waals surface area contributed by atoms with Crippen LogP contribution in [0.3, 0.4) is 0 Å². The van der Waals surface area contributed by atoms with Gasteiger partial charge in [-0.05, 0) is 32.0 Å². The summed E-state index contributed by atoms with van der Waals surface area (Å²) in [6.45, 7) is 3.93. The highest BCUT2D eigenvalue weighted by molar-refractivity contribution is 5.46. The lowest BCUT2D eigenvalue weighted by Crippen LogP contribution is -2.34. The lowest BCUT2D eigenvalue weighted by atomic mass is 10.1. The van der Waals surface area contributed by atoms with Gasteiger partial charge >= 0.3 is 0 Å². The molecule has 1 aromatic rings. The van der Waals surface area contributed by atoms with Crippen molar-refractivity contribution >= 4 is 5.69 Å². The maximum Gasteiger partial charge on any atom is 0.0615 e. The zero-order valence-corrected chi connectivity index (χ0v) is 10.4. The highest BCUT2D eigenvalue weighted by Crippen LogP contribution is 2.11. The molecule has 90 valence electrons. The molecule has 0 aromatic heterocycles. The predicted octanol–water partition coefficient (Wildman–Crippen LogP) is 1.78. The van der Waals surface area contributed by atoms with Crippen molar-refractivity contribution in [2.75, 3.05) is 33.0 Å². The monoisotopic (exact) mass is 222 g/mol. The standard InChI is InChI=1S/C13H22N2O/c1-11(10-16-3)15(2)9-8-12-6-4-5-7-13(12)14/h4-7,11H,8-10,14H2,1-3H3. The SMILES string of the molecule is COCC(C)N(C)CCc1ccccc1N. The van der Waals surface area contributed by atoms with Crippen molar-refractivity contribution in [1.29, 1.82) is 0 Å². The molecule has 2 N–H and O–H groups in total. The van der Waals surface area contributed by atoms with Crippen molar-refractivity contribution in [1.82, 2.24) is 4.90 Å². The number of benzene rings is 1. The summed E-state index contributed by atoms with van der Waals surface area (Å²) in [4.78, 5) is 2.29. The Kier molecular flexibility index (Phi) is 5.29. The first-order chi connectivity index (χ1) is 7.65. The van der Waals surface area contributed by atoms with E-state index in [1.165, 1.54) is 5.56 Å². The van der Waals surface area contributed by atoms with E-state index < -0.39 is 0 Å². The first-order valence-corrected chi connectivity index (χ1v) is 5.67. The van der Waals surface area contributed by atoms with Crippen molar-refractivity contribution < 1.29 is 4.74 Å². The fourth-order valence-corrected chi connectivity index (χ4v) is 1.65. The van der Waals surface area contributed by atoms with Gasteiger partial charge in [-0.2, -0.15) is 0 Å². The summed E-state index contributed by atoms with van der Waals surface area (Å²) < 4.78 is 5.13. The number of methoxy groups -OCH3 is 1. The number of hydrogen-bond donors (Lipinski definition) is 1. The second-order valence-corrected chi connectivity index (χ2v) is 4.23. The van der Waals surface area contributed by atoms with Crippen molar-refractivity contribution in [2.45, 2.75) is 19.4 Å². The molecule has 0 bridgehead atoms. The molecule has 3 heteroatoms. The van der Waals surface area contributed by atoms with Crippen LogP contribution in [-0.4, -0.2) is 38.3 Å². The lowest BCUT2D eigenvalue weighted by Gasteiger charge is -2.24. The lowest BCUT2D eigenvalue weighted by molar-refractivity contribution is 0.116. The molecule has 0 saturated heterocycles. The molecule has 0 fully saturated rings. The van der Waals surface area contributed by atoms with Crippen LogP contribution in [0.25, 0.3) is 0 Å². The van der Waals surface area contributed by atoms with Crippen LogP contribution in [0.4, 0.5) is 5.69 Å². The number of nitrogens with two attached hydrogens (primary N) is 1. The minimum atomic E-state index is 0.440. The molecule has 0 saturated carbocycles. The zero-order chi connectivity index (χ0) is 12.0. The second-order valence-electron chi connectivity index (χ2n) is 4.23. The highest BCUT2D eigenvalue weighted by Gasteiger charge is 2.08. The van der Waals surface area contributed by atoms with E-state index in [4.69, 9.17) is 10.5 Å². The maximum atomic E-state index is 5.90. The number of likely N-dealkylation sites (N-methyl/N-ethyl adjacent to an activating group) is 1. The van der Waals surface area contributed by atoms with Gasteiger partial charge in [0.15, 0.2) is 0 Å². The molecule has 0 amide bonds. The Bertz CT molecular complexity index is 315. The Morgan fingerprint density at radius 3 is 2.69 bits per heavy atom. The Balaban J connectivity index is 2.42. The van der Waals surface area contributed by atoms with E-state index in [1.54, 1.807) is 7.11 Å². The number of hydrogen-bond acceptors (Lipinski definition) is 3. The van der Waals surface area contributed by atoms with E-state index in [9.17, 15) is 0 Å². The van der Waals surface area contributed by atoms with Gasteiger partial charge in [0, 0.05) is 25.4 Å². The van der Waals surface area contributed by atoms with E-state index in [0.717, 1.165) is 25.3 Å². The minimum Gasteiger partial charge on any atom is -0.399 e. The summed E-state index contributed by atoms with van der Waals surface area (Å²) in [7, 11) is 3.85. The molecule has 0 aliphatic carbocycles. The van der Waals surface area contributed by atoms with Gasteiger partial charge in [0.05, 0.1) is 6.61 Å². The Labute approximate surface area is 98.2 Å². The number of rotatable bonds is 6. The van der Waals surface area contributed by atoms with E-state index in [-0.39, 0.29) is 0 Å². The van der Waals surface area contributed by atoms with Gasteiger partial charge in [-0.1, -0.05) is 18.2 Å². The minimum absolute atomic E-state index is 0.440. The second kappa shape index (κ2) is 6.51. The summed E-state index contributed by atoms with van der Waals surface area (Å²) in [5.74, 6) is 0. The van der Waals surface area contributed by atoms with Crippen LogP contribution in [0.2, 0.25) is 0 Å². The average Bonchev–Trinajstić information content (AvgIpc) is 2.28. The maximum absolute atomic E-state index is 5.90. The van der Waals surface area contributed by atoms with Gasteiger partial charge in [-0.25, -0.2) is 0 Å². The number of anilines is 1. The van der Waals surface area contributed by atoms with Gasteiger partial charge in [0.1, 0.15) is 0 Å². The molecule has 0 aliphatic heterocycles. The Morgan fingerprint density at radius 1 is 1.38 bits per heavy atom. The number of nitrogen functional groups attached to an aromatic ring is 1. The van der Waals surface area contributed by atoms with Crippen molar-refractivity contribution in [2.24, 2.45) is 0 Å². The molecular weight excluding hydrogens is 200 g/mol. The summed E-state index contributed by atoms with van der Waals surface area (Å²) >= 11 is 0. The van der Waals surface area contributed by atoms with Crippen molar-refractivity contribution in [3.8, 4) is 0 Å². The molecule has 0 radical (unpaired) electrons. The van der Waals surface area contributed by atoms with Crippen LogP contribution < -0.4 is 5.73 Å². The molecular formula is C13H22N2O. The highest BCUT2D eigenvalue weighted by atomic mass is 16.5. The Hall–Kier alpha value is -1.06. The normalized spacial score (nSPS) is 13.0. The number of nitrogens with zero attached hydrogens (tertiary/aromatic N) is 1. The van der Waals surface area contributed by atoms with E-state index in [2.05, 4.69) is 24.9 Å². The van der Waals surface area contributed by atoms with E-state index >= 15 is 0 Å². The third-order valence-electron chi connectivity index (χ3n) is 2.95. The number of ether oxygens (including phenoxy) is 1. The van der Waals surface area contributed by atoms with Gasteiger partial charge < -0.3 is 15.4 Å². The van der Waals surface area contributed by atoms with Crippen molar-refractivity contribution in [3.05, 3.63) is 29.8 Å². The molecule has 0 heterocycles. The van der Waals surface area contributed by atoms with Crippen molar-refractivity contribution in [3.63, 3.8) is 0 Å². The molecule has 1 unspecified atom stereocenters. The third kappa shape index (κ3) is 3.83. The van der Waals surface area contributed by atoms with E-state index in [1.807, 2.05) is 18.2 Å².